The third kappa shape index (κ3) is 10.6. The van der Waals surface area contributed by atoms with E-state index in [2.05, 4.69) is 172 Å². The van der Waals surface area contributed by atoms with Crippen LogP contribution in [0.2, 0.25) is 0 Å². The molecule has 0 unspecified atom stereocenters. The van der Waals surface area contributed by atoms with Crippen molar-refractivity contribution in [2.75, 3.05) is 0 Å². The summed E-state index contributed by atoms with van der Waals surface area (Å²) >= 11 is 0. The van der Waals surface area contributed by atoms with Gasteiger partial charge < -0.3 is 29.7 Å². The van der Waals surface area contributed by atoms with Crippen molar-refractivity contribution in [3.63, 3.8) is 0 Å². The number of aryl methyl sites for hydroxylation is 1. The summed E-state index contributed by atoms with van der Waals surface area (Å²) in [4.78, 5) is 0. The second kappa shape index (κ2) is 18.8. The zero-order chi connectivity index (χ0) is 30.2. The predicted molar refractivity (Wildman–Crippen MR) is 218 cm³/mol. The van der Waals surface area contributed by atoms with E-state index in [9.17, 15) is 0 Å². The quantitative estimate of drug-likeness (QED) is 0.126. The SMILES string of the molecule is CC(C)c1cc2c(-c3ccc(C(C)(C)C)cc3)cccc2[cH-]1.Cc1cc2c(-c3ccc(C(C)(C)C)cc3)cccc2[cH-]1.[CH3-].[CH3-].[CH3-].[CH3-].[Si].[Zr]. The molecule has 6 aromatic carbocycles. The molecule has 4 radical (unpaired) electrons. The fourth-order valence-corrected chi connectivity index (χ4v) is 5.78. The summed E-state index contributed by atoms with van der Waals surface area (Å²) in [5.74, 6) is 0.573. The van der Waals surface area contributed by atoms with Gasteiger partial charge in [0.05, 0.1) is 0 Å². The van der Waals surface area contributed by atoms with Gasteiger partial charge in [0.2, 0.25) is 0 Å². The van der Waals surface area contributed by atoms with E-state index >= 15 is 0 Å². The molecule has 0 amide bonds. The molecule has 0 aromatic heterocycles. The predicted octanol–water partition coefficient (Wildman–Crippen LogP) is 13.9. The molecule has 0 nitrogen and oxygen atoms in total. The fourth-order valence-electron chi connectivity index (χ4n) is 5.78. The van der Waals surface area contributed by atoms with Gasteiger partial charge in [0.1, 0.15) is 0 Å². The molecule has 0 aliphatic rings. The molecule has 0 aliphatic heterocycles. The van der Waals surface area contributed by atoms with Gasteiger partial charge in [0.15, 0.2) is 0 Å². The van der Waals surface area contributed by atoms with Crippen molar-refractivity contribution in [3.05, 3.63) is 161 Å². The molecule has 0 saturated carbocycles. The number of benzene rings is 4. The van der Waals surface area contributed by atoms with Gasteiger partial charge in [-0.1, -0.05) is 134 Å². The average molecular weight is 730 g/mol. The van der Waals surface area contributed by atoms with Crippen molar-refractivity contribution >= 4 is 32.5 Å². The van der Waals surface area contributed by atoms with Crippen molar-refractivity contribution in [2.24, 2.45) is 0 Å². The largest absolute Gasteiger partial charge is 0.358 e. The van der Waals surface area contributed by atoms with Crippen molar-refractivity contribution in [3.8, 4) is 22.3 Å². The van der Waals surface area contributed by atoms with Crippen LogP contribution in [-0.2, 0) is 37.0 Å². The Morgan fingerprint density at radius 2 is 0.896 bits per heavy atom. The van der Waals surface area contributed by atoms with Crippen molar-refractivity contribution in [1.29, 1.82) is 0 Å². The summed E-state index contributed by atoms with van der Waals surface area (Å²) < 4.78 is 0. The topological polar surface area (TPSA) is 0 Å². The minimum absolute atomic E-state index is 0. The summed E-state index contributed by atoms with van der Waals surface area (Å²) in [6.45, 7) is 20.2. The van der Waals surface area contributed by atoms with E-state index in [0.29, 0.717) is 5.92 Å². The minimum Gasteiger partial charge on any atom is -0.358 e. The Morgan fingerprint density at radius 1 is 0.521 bits per heavy atom. The molecule has 0 fully saturated rings. The summed E-state index contributed by atoms with van der Waals surface area (Å²) in [5, 5.41) is 5.41. The van der Waals surface area contributed by atoms with E-state index in [4.69, 9.17) is 0 Å². The van der Waals surface area contributed by atoms with Gasteiger partial charge in [-0.05, 0) is 39.0 Å². The molecule has 0 N–H and O–H groups in total. The molecule has 48 heavy (non-hydrogen) atoms. The van der Waals surface area contributed by atoms with Crippen molar-refractivity contribution in [2.45, 2.75) is 79.1 Å². The van der Waals surface area contributed by atoms with Crippen LogP contribution in [-0.4, -0.2) is 11.0 Å². The Hall–Kier alpha value is -2.80. The Bertz CT molecular complexity index is 1800. The van der Waals surface area contributed by atoms with Crippen molar-refractivity contribution in [1.82, 2.24) is 0 Å². The normalized spacial score (nSPS) is 10.6. The molecule has 0 saturated heterocycles. The van der Waals surface area contributed by atoms with E-state index in [0.717, 1.165) is 0 Å². The monoisotopic (exact) mass is 728 g/mol. The van der Waals surface area contributed by atoms with Crippen LogP contribution in [0.5, 0.6) is 0 Å². The van der Waals surface area contributed by atoms with Crippen LogP contribution in [0.4, 0.5) is 0 Å². The molecule has 6 aromatic rings. The number of hydrogen-bond donors (Lipinski definition) is 0. The molecule has 256 valence electrons. The van der Waals surface area contributed by atoms with E-state index in [1.165, 1.54) is 66.1 Å². The number of rotatable bonds is 3. The summed E-state index contributed by atoms with van der Waals surface area (Å²) in [5.41, 5.74) is 11.2. The molecular formula is C46H58SiZr-6. The van der Waals surface area contributed by atoms with Crippen LogP contribution in [0.1, 0.15) is 83.6 Å². The zero-order valence-corrected chi connectivity index (χ0v) is 35.4. The Kier molecular flexibility index (Phi) is 18.6. The van der Waals surface area contributed by atoms with Crippen LogP contribution < -0.4 is 0 Å². The van der Waals surface area contributed by atoms with Crippen LogP contribution in [0, 0.1) is 36.6 Å². The Morgan fingerprint density at radius 3 is 1.27 bits per heavy atom. The molecule has 0 spiro atoms. The second-order valence-corrected chi connectivity index (χ2v) is 14.2. The molecule has 6 rings (SSSR count). The van der Waals surface area contributed by atoms with Crippen LogP contribution in [0.3, 0.4) is 0 Å². The Labute approximate surface area is 319 Å². The summed E-state index contributed by atoms with van der Waals surface area (Å²) in [6, 6.07) is 40.4. The first-order valence-electron chi connectivity index (χ1n) is 15.4. The molecule has 2 heteroatoms. The van der Waals surface area contributed by atoms with Crippen LogP contribution in [0.25, 0.3) is 43.8 Å². The van der Waals surface area contributed by atoms with Crippen LogP contribution in [0.15, 0.2) is 109 Å². The second-order valence-electron chi connectivity index (χ2n) is 14.2. The summed E-state index contributed by atoms with van der Waals surface area (Å²) in [7, 11) is 0. The molecule has 0 atom stereocenters. The first kappa shape index (κ1) is 47.3. The molecule has 0 aliphatic carbocycles. The third-order valence-electron chi connectivity index (χ3n) is 8.46. The van der Waals surface area contributed by atoms with Gasteiger partial charge in [-0.15, -0.1) is 69.1 Å². The molecule has 0 bridgehead atoms. The maximum Gasteiger partial charge on any atom is 0 e. The fraction of sp³-hybridized carbons (Fsp3) is 0.261. The summed E-state index contributed by atoms with van der Waals surface area (Å²) in [6.07, 6.45) is 0. The van der Waals surface area contributed by atoms with Gasteiger partial charge in [0.25, 0.3) is 0 Å². The van der Waals surface area contributed by atoms with E-state index in [1.54, 1.807) is 0 Å². The number of hydrogen-bond acceptors (Lipinski definition) is 0. The first-order chi connectivity index (χ1) is 19.8. The maximum atomic E-state index is 2.35. The maximum absolute atomic E-state index is 2.35. The van der Waals surface area contributed by atoms with Gasteiger partial charge in [-0.2, -0.15) is 12.1 Å². The van der Waals surface area contributed by atoms with E-state index < -0.39 is 0 Å². The Balaban J connectivity index is 0. The standard InChI is InChI=1S/C22H25.C20H21.4CH3.Si.Zr/c1-15(2)18-13-17-7-6-8-20(21(17)14-18)16-9-11-19(12-10-16)22(3,4)5;1-14-12-16-6-5-7-18(19(16)13-14)15-8-10-17(11-9-15)20(2,3)4;;;;;;/h6-15H,1-5H3;5-13H,1-4H3;4*1H3;;/q6*-1;;. The zero-order valence-electron chi connectivity index (χ0n) is 32.0. The average Bonchev–Trinajstić information content (AvgIpc) is 3.55. The van der Waals surface area contributed by atoms with Gasteiger partial charge in [-0.25, -0.2) is 0 Å². The van der Waals surface area contributed by atoms with Crippen molar-refractivity contribution < 1.29 is 26.2 Å². The van der Waals surface area contributed by atoms with E-state index in [1.807, 2.05) is 0 Å². The van der Waals surface area contributed by atoms with Gasteiger partial charge >= 0.3 is 0 Å². The third-order valence-corrected chi connectivity index (χ3v) is 8.46. The minimum atomic E-state index is 0. The van der Waals surface area contributed by atoms with Gasteiger partial charge in [-0.3, -0.25) is 0 Å². The van der Waals surface area contributed by atoms with Crippen LogP contribution >= 0.6 is 0 Å². The molecule has 0 heterocycles. The van der Waals surface area contributed by atoms with E-state index in [-0.39, 0.29) is 77.7 Å². The number of fused-ring (bicyclic) bond motifs is 2. The smallest absolute Gasteiger partial charge is 0 e. The first-order valence-corrected chi connectivity index (χ1v) is 15.4. The molecular weight excluding hydrogens is 672 g/mol. The van der Waals surface area contributed by atoms with Gasteiger partial charge in [0, 0.05) is 37.2 Å².